The number of ketones is 3. The van der Waals surface area contributed by atoms with E-state index in [0.29, 0.717) is 12.0 Å². The largest absolute Gasteiger partial charge is 0.645 e. The van der Waals surface area contributed by atoms with E-state index in [0.717, 1.165) is 52.8 Å². The average molecular weight is 637 g/mol. The first-order valence-electron chi connectivity index (χ1n) is 14.7. The van der Waals surface area contributed by atoms with E-state index in [-0.39, 0.29) is 34.4 Å². The smallest absolute Gasteiger partial charge is 0.162 e. The Balaban J connectivity index is 0.000000290. The number of carbonyl (C=O) groups excluding carboxylic acids is 3. The number of allylic oxidation sites excluding steroid dienone is 2. The second-order valence-electron chi connectivity index (χ2n) is 10.3. The minimum atomic E-state index is 0. The monoisotopic (exact) mass is 636 g/mol. The second kappa shape index (κ2) is 18.7. The van der Waals surface area contributed by atoms with Crippen LogP contribution in [0.5, 0.6) is 5.75 Å². The van der Waals surface area contributed by atoms with Gasteiger partial charge in [0.1, 0.15) is 11.5 Å². The maximum absolute atomic E-state index is 12.3. The van der Waals surface area contributed by atoms with E-state index >= 15 is 0 Å². The zero-order chi connectivity index (χ0) is 31.0. The van der Waals surface area contributed by atoms with Gasteiger partial charge in [-0.25, -0.2) is 6.07 Å². The maximum Gasteiger partial charge on any atom is 0.162 e. The fourth-order valence-corrected chi connectivity index (χ4v) is 4.54. The van der Waals surface area contributed by atoms with E-state index in [1.807, 2.05) is 127 Å². The van der Waals surface area contributed by atoms with Gasteiger partial charge in [0, 0.05) is 29.1 Å². The van der Waals surface area contributed by atoms with Crippen molar-refractivity contribution in [3.63, 3.8) is 0 Å². The van der Waals surface area contributed by atoms with Crippen LogP contribution in [-0.2, 0) is 23.5 Å². The van der Waals surface area contributed by atoms with Gasteiger partial charge in [-0.05, 0) is 42.3 Å². The first-order chi connectivity index (χ1) is 21.5. The fourth-order valence-electron chi connectivity index (χ4n) is 4.54. The van der Waals surface area contributed by atoms with Crippen LogP contribution in [0.2, 0.25) is 0 Å². The number of ether oxygens (including phenoxy) is 1. The zero-order valence-electron chi connectivity index (χ0n) is 25.2. The van der Waals surface area contributed by atoms with Crippen molar-refractivity contribution in [1.82, 2.24) is 0 Å². The zero-order valence-corrected chi connectivity index (χ0v) is 26.4. The summed E-state index contributed by atoms with van der Waals surface area (Å²) in [4.78, 5) is 36.1. The van der Waals surface area contributed by atoms with Crippen LogP contribution < -0.4 is 4.74 Å². The second-order valence-corrected chi connectivity index (χ2v) is 10.3. The van der Waals surface area contributed by atoms with E-state index in [1.54, 1.807) is 31.4 Å². The standard InChI is InChI=1S/C26H25O3.C14H11O.Fe/c1-29-24-16-14-22(15-17-24)25(27)10-6-5-9-21-11-13-23(19-21)26(28)18-12-20-7-3-2-4-8-20;15-14(13-8-4-5-9-13)11-10-12-6-2-1-3-7-12;/h2-4,7-8,11-19H,5-6,9-10H2,1H3;1-11H;/q-1;-5;. The third-order valence-corrected chi connectivity index (χ3v) is 7.03. The molecule has 45 heavy (non-hydrogen) atoms. The molecule has 0 fully saturated rings. The van der Waals surface area contributed by atoms with Crippen molar-refractivity contribution in [1.29, 1.82) is 0 Å². The topological polar surface area (TPSA) is 60.4 Å². The van der Waals surface area contributed by atoms with E-state index in [1.165, 1.54) is 0 Å². The minimum absolute atomic E-state index is 0. The number of Topliss-reactive ketones (excluding diaryl/α,β-unsaturated/α-hetero) is 1. The Kier molecular flexibility index (Phi) is 14.4. The molecule has 0 aliphatic carbocycles. The van der Waals surface area contributed by atoms with Gasteiger partial charge in [0.05, 0.1) is 7.11 Å². The molecule has 0 aromatic heterocycles. The fraction of sp³-hybridized carbons (Fsp3) is 0.125. The van der Waals surface area contributed by atoms with Crippen LogP contribution in [0.25, 0.3) is 12.2 Å². The number of carbonyl (C=O) groups is 3. The predicted molar refractivity (Wildman–Crippen MR) is 179 cm³/mol. The molecule has 0 atom stereocenters. The Morgan fingerprint density at radius 2 is 1.33 bits per heavy atom. The normalized spacial score (nSPS) is 10.6. The van der Waals surface area contributed by atoms with Gasteiger partial charge in [0.2, 0.25) is 0 Å². The summed E-state index contributed by atoms with van der Waals surface area (Å²) < 4.78 is 5.11. The van der Waals surface area contributed by atoms with Crippen molar-refractivity contribution in [2.24, 2.45) is 0 Å². The maximum atomic E-state index is 12.3. The molecule has 0 heterocycles. The van der Waals surface area contributed by atoms with E-state index < -0.39 is 0 Å². The summed E-state index contributed by atoms with van der Waals surface area (Å²) in [5.74, 6) is 0.956. The van der Waals surface area contributed by atoms with E-state index in [9.17, 15) is 14.4 Å². The Labute approximate surface area is 276 Å². The van der Waals surface area contributed by atoms with Crippen LogP contribution >= 0.6 is 0 Å². The summed E-state index contributed by atoms with van der Waals surface area (Å²) in [7, 11) is 1.61. The summed E-state index contributed by atoms with van der Waals surface area (Å²) in [6, 6.07) is 40.0. The van der Waals surface area contributed by atoms with Crippen molar-refractivity contribution in [2.75, 3.05) is 7.11 Å². The molecule has 4 nitrogen and oxygen atoms in total. The summed E-state index contributed by atoms with van der Waals surface area (Å²) >= 11 is 0. The third-order valence-electron chi connectivity index (χ3n) is 7.03. The van der Waals surface area contributed by atoms with Crippen molar-refractivity contribution < 1.29 is 36.2 Å². The molecule has 5 heteroatoms. The van der Waals surface area contributed by atoms with Crippen molar-refractivity contribution in [3.8, 4) is 5.75 Å². The number of benzene rings is 3. The van der Waals surface area contributed by atoms with Gasteiger partial charge in [-0.3, -0.25) is 4.79 Å². The molecule has 0 amide bonds. The third kappa shape index (κ3) is 11.6. The Hall–Kier alpha value is -4.83. The molecule has 5 aromatic carbocycles. The van der Waals surface area contributed by atoms with Crippen molar-refractivity contribution in [2.45, 2.75) is 25.7 Å². The van der Waals surface area contributed by atoms with Crippen LogP contribution in [0.15, 0.2) is 140 Å². The number of unbranched alkanes of at least 4 members (excludes halogenated alkanes) is 1. The van der Waals surface area contributed by atoms with Crippen LogP contribution in [0, 0.1) is 0 Å². The van der Waals surface area contributed by atoms with E-state index in [4.69, 9.17) is 4.74 Å². The number of aryl methyl sites for hydroxylation is 1. The molecule has 0 radical (unpaired) electrons. The van der Waals surface area contributed by atoms with Gasteiger partial charge in [0.15, 0.2) is 5.78 Å². The van der Waals surface area contributed by atoms with Crippen molar-refractivity contribution >= 4 is 29.5 Å². The van der Waals surface area contributed by atoms with Crippen molar-refractivity contribution in [3.05, 3.63) is 173 Å². The van der Waals surface area contributed by atoms with Crippen LogP contribution in [-0.4, -0.2) is 24.5 Å². The van der Waals surface area contributed by atoms with Gasteiger partial charge in [-0.1, -0.05) is 85.1 Å². The van der Waals surface area contributed by atoms with Gasteiger partial charge in [-0.15, -0.1) is 5.56 Å². The molecule has 5 aromatic rings. The molecule has 0 unspecified atom stereocenters. The molecule has 0 saturated heterocycles. The van der Waals surface area contributed by atoms with Gasteiger partial charge >= 0.3 is 0 Å². The Morgan fingerprint density at radius 1 is 0.733 bits per heavy atom. The molecular formula is C40H36FeO4-6. The first-order valence-corrected chi connectivity index (χ1v) is 14.7. The Bertz CT molecular complexity index is 1660. The molecular weight excluding hydrogens is 600 g/mol. The average Bonchev–Trinajstić information content (AvgIpc) is 3.79. The number of methoxy groups -OCH3 is 1. The van der Waals surface area contributed by atoms with Crippen LogP contribution in [0.3, 0.4) is 0 Å². The first kappa shape index (κ1) is 34.7. The molecule has 0 aliphatic heterocycles. The molecule has 234 valence electrons. The summed E-state index contributed by atoms with van der Waals surface area (Å²) in [5.41, 5.74) is 5.35. The summed E-state index contributed by atoms with van der Waals surface area (Å²) in [6.07, 6.45) is 10.0. The summed E-state index contributed by atoms with van der Waals surface area (Å²) in [5, 5.41) is 0. The number of hydrogen-bond acceptors (Lipinski definition) is 4. The minimum Gasteiger partial charge on any atom is -0.645 e. The quantitative estimate of drug-likeness (QED) is 0.0425. The molecule has 0 saturated carbocycles. The molecule has 0 aliphatic rings. The van der Waals surface area contributed by atoms with Gasteiger partial charge in [0.25, 0.3) is 0 Å². The van der Waals surface area contributed by atoms with Crippen LogP contribution in [0.1, 0.15) is 67.0 Å². The SMILES string of the molecule is COc1ccc(C(=O)CCCC[c-]2ccc(C(=O)C=Cc3ccccc3)c2)cc1.O=C(C=Cc1ccccc1)[c-]1[cH-][cH-][cH-][cH-]1.[Fe]. The van der Waals surface area contributed by atoms with Gasteiger partial charge in [-0.2, -0.15) is 23.8 Å². The summed E-state index contributed by atoms with van der Waals surface area (Å²) in [6.45, 7) is 0. The number of hydrogen-bond donors (Lipinski definition) is 0. The molecule has 0 spiro atoms. The Morgan fingerprint density at radius 3 is 1.93 bits per heavy atom. The van der Waals surface area contributed by atoms with Gasteiger partial charge < -0.3 is 56.0 Å². The predicted octanol–water partition coefficient (Wildman–Crippen LogP) is 9.21. The molecule has 5 rings (SSSR count). The van der Waals surface area contributed by atoms with E-state index in [2.05, 4.69) is 0 Å². The van der Waals surface area contributed by atoms with Crippen LogP contribution in [0.4, 0.5) is 0 Å². The number of rotatable bonds is 13. The molecule has 0 N–H and O–H groups in total. The molecule has 0 bridgehead atoms.